The summed E-state index contributed by atoms with van der Waals surface area (Å²) in [6.45, 7) is 8.29. The van der Waals surface area contributed by atoms with Crippen molar-refractivity contribution >= 4 is 11.3 Å². The second-order valence-corrected chi connectivity index (χ2v) is 5.97. The van der Waals surface area contributed by atoms with Crippen LogP contribution in [-0.4, -0.2) is 4.98 Å². The standard InChI is InChI=1S/C15H20N2S/c1-4-13-6-5-7-17-15(13)10-16-9-14-8-11(2)18-12(14)3/h5-8,16H,4,9-10H2,1-3H3. The van der Waals surface area contributed by atoms with Gasteiger partial charge >= 0.3 is 0 Å². The van der Waals surface area contributed by atoms with Gasteiger partial charge in [-0.1, -0.05) is 13.0 Å². The number of aromatic nitrogens is 1. The fourth-order valence-corrected chi connectivity index (χ4v) is 3.07. The zero-order valence-electron chi connectivity index (χ0n) is 11.3. The van der Waals surface area contributed by atoms with Crippen molar-refractivity contribution in [3.63, 3.8) is 0 Å². The van der Waals surface area contributed by atoms with Crippen molar-refractivity contribution in [1.29, 1.82) is 0 Å². The Hall–Kier alpha value is -1.19. The van der Waals surface area contributed by atoms with Crippen LogP contribution in [-0.2, 0) is 19.5 Å². The van der Waals surface area contributed by atoms with E-state index in [9.17, 15) is 0 Å². The van der Waals surface area contributed by atoms with E-state index in [4.69, 9.17) is 0 Å². The lowest BCUT2D eigenvalue weighted by Crippen LogP contribution is -2.15. The predicted molar refractivity (Wildman–Crippen MR) is 78.0 cm³/mol. The Morgan fingerprint density at radius 3 is 2.72 bits per heavy atom. The maximum Gasteiger partial charge on any atom is 0.0573 e. The minimum absolute atomic E-state index is 0.846. The molecule has 0 unspecified atom stereocenters. The van der Waals surface area contributed by atoms with Crippen LogP contribution in [0.25, 0.3) is 0 Å². The second-order valence-electron chi connectivity index (χ2n) is 4.50. The largest absolute Gasteiger partial charge is 0.307 e. The third-order valence-corrected chi connectivity index (χ3v) is 4.13. The summed E-state index contributed by atoms with van der Waals surface area (Å²) in [5.41, 5.74) is 3.92. The predicted octanol–water partition coefficient (Wildman–Crippen LogP) is 3.61. The SMILES string of the molecule is CCc1cccnc1CNCc1cc(C)sc1C. The van der Waals surface area contributed by atoms with Crippen molar-refractivity contribution in [2.24, 2.45) is 0 Å². The molecule has 96 valence electrons. The lowest BCUT2D eigenvalue weighted by molar-refractivity contribution is 0.673. The third kappa shape index (κ3) is 3.18. The van der Waals surface area contributed by atoms with Gasteiger partial charge < -0.3 is 5.32 Å². The first-order valence-electron chi connectivity index (χ1n) is 6.40. The molecule has 0 fully saturated rings. The first-order valence-corrected chi connectivity index (χ1v) is 7.21. The van der Waals surface area contributed by atoms with Gasteiger partial charge in [0.25, 0.3) is 0 Å². The Balaban J connectivity index is 1.94. The Kier molecular flexibility index (Phi) is 4.50. The number of hydrogen-bond donors (Lipinski definition) is 1. The summed E-state index contributed by atoms with van der Waals surface area (Å²) >= 11 is 1.87. The Bertz CT molecular complexity index is 517. The molecular formula is C15H20N2S. The fraction of sp³-hybridized carbons (Fsp3) is 0.400. The van der Waals surface area contributed by atoms with Crippen LogP contribution in [0.3, 0.4) is 0 Å². The Morgan fingerprint density at radius 1 is 1.22 bits per heavy atom. The normalized spacial score (nSPS) is 10.8. The van der Waals surface area contributed by atoms with Crippen LogP contribution in [0.5, 0.6) is 0 Å². The molecule has 2 rings (SSSR count). The van der Waals surface area contributed by atoms with E-state index in [0.717, 1.165) is 19.5 Å². The van der Waals surface area contributed by atoms with E-state index in [1.165, 1.54) is 26.6 Å². The number of pyridine rings is 1. The zero-order valence-corrected chi connectivity index (χ0v) is 12.1. The minimum atomic E-state index is 0.846. The molecule has 18 heavy (non-hydrogen) atoms. The molecule has 0 saturated heterocycles. The molecule has 0 saturated carbocycles. The van der Waals surface area contributed by atoms with Gasteiger partial charge in [-0.05, 0) is 43.5 Å². The maximum atomic E-state index is 4.45. The fourth-order valence-electron chi connectivity index (χ4n) is 2.13. The molecule has 2 aromatic heterocycles. The molecule has 2 aromatic rings. The highest BCUT2D eigenvalue weighted by Gasteiger charge is 2.04. The van der Waals surface area contributed by atoms with E-state index in [1.54, 1.807) is 0 Å². The first-order chi connectivity index (χ1) is 8.70. The van der Waals surface area contributed by atoms with Crippen molar-refractivity contribution in [2.45, 2.75) is 40.3 Å². The number of thiophene rings is 1. The van der Waals surface area contributed by atoms with Crippen molar-refractivity contribution in [3.05, 3.63) is 51.0 Å². The van der Waals surface area contributed by atoms with Crippen LogP contribution in [0.2, 0.25) is 0 Å². The van der Waals surface area contributed by atoms with Gasteiger partial charge in [-0.25, -0.2) is 0 Å². The minimum Gasteiger partial charge on any atom is -0.307 e. The topological polar surface area (TPSA) is 24.9 Å². The molecule has 0 aliphatic heterocycles. The quantitative estimate of drug-likeness (QED) is 0.888. The van der Waals surface area contributed by atoms with E-state index < -0.39 is 0 Å². The molecule has 1 N–H and O–H groups in total. The van der Waals surface area contributed by atoms with Gasteiger partial charge in [-0.3, -0.25) is 4.98 Å². The zero-order chi connectivity index (χ0) is 13.0. The smallest absolute Gasteiger partial charge is 0.0573 e. The number of nitrogens with zero attached hydrogens (tertiary/aromatic N) is 1. The van der Waals surface area contributed by atoms with Crippen molar-refractivity contribution in [3.8, 4) is 0 Å². The first kappa shape index (κ1) is 13.2. The molecule has 0 bridgehead atoms. The Labute approximate surface area is 113 Å². The monoisotopic (exact) mass is 260 g/mol. The van der Waals surface area contributed by atoms with E-state index in [1.807, 2.05) is 23.6 Å². The molecule has 0 aromatic carbocycles. The van der Waals surface area contributed by atoms with Crippen LogP contribution in [0.15, 0.2) is 24.4 Å². The average molecular weight is 260 g/mol. The van der Waals surface area contributed by atoms with Crippen molar-refractivity contribution in [1.82, 2.24) is 10.3 Å². The van der Waals surface area contributed by atoms with Crippen LogP contribution in [0.4, 0.5) is 0 Å². The second kappa shape index (κ2) is 6.12. The van der Waals surface area contributed by atoms with Gasteiger partial charge in [0.05, 0.1) is 5.69 Å². The molecule has 0 radical (unpaired) electrons. The maximum absolute atomic E-state index is 4.45. The highest BCUT2D eigenvalue weighted by Crippen LogP contribution is 2.20. The number of nitrogens with one attached hydrogen (secondary N) is 1. The molecule has 0 spiro atoms. The van der Waals surface area contributed by atoms with Gasteiger partial charge in [0.15, 0.2) is 0 Å². The number of rotatable bonds is 5. The molecule has 0 aliphatic carbocycles. The van der Waals surface area contributed by atoms with E-state index in [-0.39, 0.29) is 0 Å². The molecular weight excluding hydrogens is 240 g/mol. The molecule has 0 aliphatic rings. The lowest BCUT2D eigenvalue weighted by Gasteiger charge is -2.07. The van der Waals surface area contributed by atoms with Crippen LogP contribution >= 0.6 is 11.3 Å². The molecule has 0 atom stereocenters. The van der Waals surface area contributed by atoms with Gasteiger partial charge in [0, 0.05) is 29.0 Å². The van der Waals surface area contributed by atoms with E-state index in [0.29, 0.717) is 0 Å². The summed E-state index contributed by atoms with van der Waals surface area (Å²) in [6, 6.07) is 6.44. The molecule has 0 amide bonds. The summed E-state index contributed by atoms with van der Waals surface area (Å²) < 4.78 is 0. The third-order valence-electron chi connectivity index (χ3n) is 3.12. The summed E-state index contributed by atoms with van der Waals surface area (Å²) in [7, 11) is 0. The van der Waals surface area contributed by atoms with E-state index in [2.05, 4.69) is 43.2 Å². The van der Waals surface area contributed by atoms with Crippen LogP contribution < -0.4 is 5.32 Å². The molecule has 3 heteroatoms. The van der Waals surface area contributed by atoms with Crippen LogP contribution in [0.1, 0.15) is 33.5 Å². The van der Waals surface area contributed by atoms with Gasteiger partial charge in [0.2, 0.25) is 0 Å². The van der Waals surface area contributed by atoms with Gasteiger partial charge in [0.1, 0.15) is 0 Å². The summed E-state index contributed by atoms with van der Waals surface area (Å²) in [4.78, 5) is 7.25. The van der Waals surface area contributed by atoms with Crippen molar-refractivity contribution in [2.75, 3.05) is 0 Å². The summed E-state index contributed by atoms with van der Waals surface area (Å²) in [5.74, 6) is 0. The summed E-state index contributed by atoms with van der Waals surface area (Å²) in [5, 5.41) is 3.49. The number of hydrogen-bond acceptors (Lipinski definition) is 3. The van der Waals surface area contributed by atoms with E-state index >= 15 is 0 Å². The molecule has 2 nitrogen and oxygen atoms in total. The average Bonchev–Trinajstić information content (AvgIpc) is 2.68. The lowest BCUT2D eigenvalue weighted by atomic mass is 10.1. The summed E-state index contributed by atoms with van der Waals surface area (Å²) in [6.07, 6.45) is 2.91. The number of aryl methyl sites for hydroxylation is 3. The van der Waals surface area contributed by atoms with Crippen LogP contribution in [0, 0.1) is 13.8 Å². The van der Waals surface area contributed by atoms with Gasteiger partial charge in [-0.2, -0.15) is 0 Å². The highest BCUT2D eigenvalue weighted by molar-refractivity contribution is 7.12. The molecule has 2 heterocycles. The van der Waals surface area contributed by atoms with Crippen molar-refractivity contribution < 1.29 is 0 Å². The van der Waals surface area contributed by atoms with Gasteiger partial charge in [-0.15, -0.1) is 11.3 Å². The Morgan fingerprint density at radius 2 is 2.06 bits per heavy atom. The highest BCUT2D eigenvalue weighted by atomic mass is 32.1.